The van der Waals surface area contributed by atoms with Crippen molar-refractivity contribution in [1.82, 2.24) is 0 Å². The molecule has 0 amide bonds. The highest BCUT2D eigenvalue weighted by atomic mass is 35.5. The second-order valence-corrected chi connectivity index (χ2v) is 7.26. The van der Waals surface area contributed by atoms with Gasteiger partial charge in [0.1, 0.15) is 0 Å². The molecule has 0 fully saturated rings. The first-order chi connectivity index (χ1) is 11.5. The molecule has 0 aliphatic heterocycles. The van der Waals surface area contributed by atoms with Crippen LogP contribution in [-0.2, 0) is 18.3 Å². The van der Waals surface area contributed by atoms with Gasteiger partial charge in [-0.1, -0.05) is 41.9 Å². The van der Waals surface area contributed by atoms with Crippen LogP contribution < -0.4 is 0 Å². The van der Waals surface area contributed by atoms with Crippen molar-refractivity contribution in [2.24, 2.45) is 0 Å². The molecule has 24 heavy (non-hydrogen) atoms. The van der Waals surface area contributed by atoms with Gasteiger partial charge in [0.2, 0.25) is 5.50 Å². The van der Waals surface area contributed by atoms with E-state index in [1.165, 1.54) is 20.3 Å². The topological polar surface area (TPSA) is 61.8 Å². The second-order valence-electron chi connectivity index (χ2n) is 4.66. The van der Waals surface area contributed by atoms with Gasteiger partial charge in [0.15, 0.2) is 0 Å². The number of rotatable bonds is 6. The van der Waals surface area contributed by atoms with Crippen molar-refractivity contribution < 1.29 is 23.1 Å². The number of hydrogen-bond donors (Lipinski definition) is 0. The van der Waals surface area contributed by atoms with Gasteiger partial charge in [-0.25, -0.2) is 4.79 Å². The first kappa shape index (κ1) is 18.4. The summed E-state index contributed by atoms with van der Waals surface area (Å²) in [6.45, 7) is 0. The normalized spacial score (nSPS) is 12.0. The van der Waals surface area contributed by atoms with Gasteiger partial charge in [-0.2, -0.15) is 0 Å². The number of benzene rings is 2. The predicted octanol–water partition coefficient (Wildman–Crippen LogP) is 4.98. The highest BCUT2D eigenvalue weighted by molar-refractivity contribution is 7.58. The first-order valence-corrected chi connectivity index (χ1v) is 8.87. The van der Waals surface area contributed by atoms with E-state index in [2.05, 4.69) is 0 Å². The van der Waals surface area contributed by atoms with E-state index in [1.54, 1.807) is 54.6 Å². The van der Waals surface area contributed by atoms with E-state index in [0.717, 1.165) is 0 Å². The van der Waals surface area contributed by atoms with E-state index in [-0.39, 0.29) is 5.50 Å². The van der Waals surface area contributed by atoms with E-state index >= 15 is 0 Å². The SMILES string of the molecule is COP(=O)(OC)/C(=C\c1cccc(Cl)c1)OC(=O)c1ccccc1. The van der Waals surface area contributed by atoms with E-state index in [9.17, 15) is 9.36 Å². The molecule has 0 saturated carbocycles. The summed E-state index contributed by atoms with van der Waals surface area (Å²) in [5, 5.41) is 0.488. The fourth-order valence-corrected chi connectivity index (χ4v) is 3.10. The third-order valence-corrected chi connectivity index (χ3v) is 5.05. The maximum Gasteiger partial charge on any atom is 0.395 e. The summed E-state index contributed by atoms with van der Waals surface area (Å²) in [4.78, 5) is 12.3. The number of carbonyl (C=O) groups is 1. The summed E-state index contributed by atoms with van der Waals surface area (Å²) in [7, 11) is -1.34. The van der Waals surface area contributed by atoms with Crippen LogP contribution in [0, 0.1) is 0 Å². The summed E-state index contributed by atoms with van der Waals surface area (Å²) in [6, 6.07) is 15.1. The number of ether oxygens (including phenoxy) is 1. The van der Waals surface area contributed by atoms with Crippen molar-refractivity contribution >= 4 is 31.2 Å². The van der Waals surface area contributed by atoms with Crippen molar-refractivity contribution in [2.45, 2.75) is 0 Å². The lowest BCUT2D eigenvalue weighted by Gasteiger charge is -2.17. The summed E-state index contributed by atoms with van der Waals surface area (Å²) in [5.74, 6) is -0.668. The van der Waals surface area contributed by atoms with Crippen molar-refractivity contribution in [3.8, 4) is 0 Å². The standard InChI is InChI=1S/C17H16ClO5P/c1-21-24(20,22-2)16(12-13-7-6-10-15(18)11-13)23-17(19)14-8-4-3-5-9-14/h3-12H,1-2H3/b16-12-. The van der Waals surface area contributed by atoms with Gasteiger partial charge in [-0.3, -0.25) is 4.57 Å². The molecule has 0 radical (unpaired) electrons. The molecule has 2 rings (SSSR count). The highest BCUT2D eigenvalue weighted by Gasteiger charge is 2.32. The Labute approximate surface area is 145 Å². The Hall–Kier alpha value is -1.91. The van der Waals surface area contributed by atoms with Crippen LogP contribution in [0.4, 0.5) is 0 Å². The minimum absolute atomic E-state index is 0.219. The van der Waals surface area contributed by atoms with E-state index in [1.807, 2.05) is 0 Å². The Morgan fingerprint density at radius 2 is 1.71 bits per heavy atom. The molecule has 0 atom stereocenters. The average Bonchev–Trinajstić information content (AvgIpc) is 2.61. The molecule has 0 N–H and O–H groups in total. The first-order valence-electron chi connectivity index (χ1n) is 6.95. The molecule has 0 aliphatic carbocycles. The summed E-state index contributed by atoms with van der Waals surface area (Å²) in [6.07, 6.45) is 1.40. The Morgan fingerprint density at radius 3 is 2.29 bits per heavy atom. The fraction of sp³-hybridized carbons (Fsp3) is 0.118. The Kier molecular flexibility index (Phi) is 6.35. The Balaban J connectivity index is 2.40. The maximum atomic E-state index is 12.7. The van der Waals surface area contributed by atoms with E-state index in [0.29, 0.717) is 16.1 Å². The van der Waals surface area contributed by atoms with Gasteiger partial charge >= 0.3 is 13.6 Å². The van der Waals surface area contributed by atoms with Gasteiger partial charge in [0.05, 0.1) is 5.56 Å². The van der Waals surface area contributed by atoms with Crippen LogP contribution in [0.25, 0.3) is 6.08 Å². The molecule has 2 aromatic carbocycles. The van der Waals surface area contributed by atoms with Crippen LogP contribution >= 0.6 is 19.2 Å². The van der Waals surface area contributed by atoms with Crippen molar-refractivity contribution in [2.75, 3.05) is 14.2 Å². The van der Waals surface area contributed by atoms with Crippen LogP contribution in [-0.4, -0.2) is 20.2 Å². The molecule has 2 aromatic rings. The lowest BCUT2D eigenvalue weighted by molar-refractivity contribution is 0.0635. The van der Waals surface area contributed by atoms with Crippen LogP contribution in [0.3, 0.4) is 0 Å². The maximum absolute atomic E-state index is 12.7. The molecule has 126 valence electrons. The summed E-state index contributed by atoms with van der Waals surface area (Å²) < 4.78 is 27.9. The zero-order valence-corrected chi connectivity index (χ0v) is 14.8. The third kappa shape index (κ3) is 4.56. The number of halogens is 1. The monoisotopic (exact) mass is 366 g/mol. The Bertz CT molecular complexity index is 781. The zero-order chi connectivity index (χ0) is 17.6. The minimum Gasteiger partial charge on any atom is -0.414 e. The predicted molar refractivity (Wildman–Crippen MR) is 92.9 cm³/mol. The number of carbonyl (C=O) groups excluding carboxylic acids is 1. The van der Waals surface area contributed by atoms with Gasteiger partial charge in [-0.05, 0) is 35.9 Å². The molecule has 0 unspecified atom stereocenters. The molecule has 0 aliphatic rings. The lowest BCUT2D eigenvalue weighted by atomic mass is 10.2. The molecule has 0 bridgehead atoms. The zero-order valence-electron chi connectivity index (χ0n) is 13.1. The second kappa shape index (κ2) is 8.27. The lowest BCUT2D eigenvalue weighted by Crippen LogP contribution is -2.07. The molecule has 5 nitrogen and oxygen atoms in total. The molecule has 0 aromatic heterocycles. The van der Waals surface area contributed by atoms with Gasteiger partial charge in [0, 0.05) is 19.2 Å². The minimum atomic E-state index is -3.77. The largest absolute Gasteiger partial charge is 0.414 e. The molecular formula is C17H16ClO5P. The summed E-state index contributed by atoms with van der Waals surface area (Å²) >= 11 is 5.94. The van der Waals surface area contributed by atoms with Gasteiger partial charge in [0.25, 0.3) is 0 Å². The van der Waals surface area contributed by atoms with E-state index < -0.39 is 13.6 Å². The number of esters is 1. The van der Waals surface area contributed by atoms with Crippen molar-refractivity contribution in [3.05, 3.63) is 76.2 Å². The van der Waals surface area contributed by atoms with Crippen LogP contribution in [0.5, 0.6) is 0 Å². The molecule has 0 saturated heterocycles. The molecule has 0 spiro atoms. The van der Waals surface area contributed by atoms with E-state index in [4.69, 9.17) is 25.4 Å². The molecule has 0 heterocycles. The van der Waals surface area contributed by atoms with Crippen LogP contribution in [0.15, 0.2) is 60.1 Å². The van der Waals surface area contributed by atoms with Crippen LogP contribution in [0.1, 0.15) is 15.9 Å². The highest BCUT2D eigenvalue weighted by Crippen LogP contribution is 2.56. The smallest absolute Gasteiger partial charge is 0.395 e. The fourth-order valence-electron chi connectivity index (χ4n) is 1.89. The van der Waals surface area contributed by atoms with Crippen LogP contribution in [0.2, 0.25) is 5.02 Å². The van der Waals surface area contributed by atoms with Gasteiger partial charge in [-0.15, -0.1) is 0 Å². The average molecular weight is 367 g/mol. The quantitative estimate of drug-likeness (QED) is 0.410. The van der Waals surface area contributed by atoms with Gasteiger partial charge < -0.3 is 13.8 Å². The van der Waals surface area contributed by atoms with Crippen molar-refractivity contribution in [3.63, 3.8) is 0 Å². The third-order valence-electron chi connectivity index (χ3n) is 3.10. The Morgan fingerprint density at radius 1 is 1.04 bits per heavy atom. The number of hydrogen-bond acceptors (Lipinski definition) is 5. The molecular weight excluding hydrogens is 351 g/mol. The van der Waals surface area contributed by atoms with Crippen molar-refractivity contribution in [1.29, 1.82) is 0 Å². The molecule has 7 heteroatoms. The summed E-state index contributed by atoms with van der Waals surface area (Å²) in [5.41, 5.74) is 0.685.